The molecule has 1 aromatic heterocycles. The zero-order chi connectivity index (χ0) is 13.1. The van der Waals surface area contributed by atoms with Crippen LogP contribution in [0.25, 0.3) is 0 Å². The second-order valence-corrected chi connectivity index (χ2v) is 5.55. The summed E-state index contributed by atoms with van der Waals surface area (Å²) < 4.78 is 0. The maximum absolute atomic E-state index is 11.5. The molecule has 1 atom stereocenters. The fourth-order valence-corrected chi connectivity index (χ4v) is 3.12. The van der Waals surface area contributed by atoms with Crippen molar-refractivity contribution in [2.45, 2.75) is 19.3 Å². The van der Waals surface area contributed by atoms with Gasteiger partial charge in [-0.25, -0.2) is 0 Å². The van der Waals surface area contributed by atoms with E-state index in [0.29, 0.717) is 11.4 Å². The van der Waals surface area contributed by atoms with E-state index in [1.807, 2.05) is 36.6 Å². The van der Waals surface area contributed by atoms with Crippen LogP contribution in [0.15, 0.2) is 35.7 Å². The molecule has 94 valence electrons. The summed E-state index contributed by atoms with van der Waals surface area (Å²) >= 11 is 7.53. The molecule has 0 amide bonds. The topological polar surface area (TPSA) is 37.3 Å². The van der Waals surface area contributed by atoms with Crippen molar-refractivity contribution >= 4 is 28.9 Å². The molecule has 0 spiro atoms. The highest BCUT2D eigenvalue weighted by Gasteiger charge is 2.23. The molecule has 0 aliphatic rings. The normalized spacial score (nSPS) is 12.3. The van der Waals surface area contributed by atoms with Gasteiger partial charge in [0.25, 0.3) is 0 Å². The van der Waals surface area contributed by atoms with Gasteiger partial charge in [-0.15, -0.1) is 11.3 Å². The van der Waals surface area contributed by atoms with Crippen LogP contribution >= 0.6 is 22.9 Å². The molecule has 1 aromatic carbocycles. The zero-order valence-corrected chi connectivity index (χ0v) is 11.5. The zero-order valence-electron chi connectivity index (χ0n) is 9.89. The number of hydrogen-bond donors (Lipinski definition) is 1. The molecule has 1 unspecified atom stereocenters. The Kier molecular flexibility index (Phi) is 4.04. The van der Waals surface area contributed by atoms with Crippen LogP contribution in [0.5, 0.6) is 0 Å². The van der Waals surface area contributed by atoms with Crippen LogP contribution in [0.2, 0.25) is 5.02 Å². The van der Waals surface area contributed by atoms with Gasteiger partial charge in [0.15, 0.2) is 0 Å². The number of thiophene rings is 1. The number of aryl methyl sites for hydroxylation is 1. The average molecular weight is 281 g/mol. The SMILES string of the molecule is Cc1ccccc1C(Cc1sccc1Cl)C(=O)O. The predicted molar refractivity (Wildman–Crippen MR) is 74.6 cm³/mol. The minimum atomic E-state index is -0.811. The van der Waals surface area contributed by atoms with E-state index in [1.165, 1.54) is 11.3 Å². The van der Waals surface area contributed by atoms with Crippen molar-refractivity contribution in [3.63, 3.8) is 0 Å². The lowest BCUT2D eigenvalue weighted by Gasteiger charge is -2.14. The third-order valence-corrected chi connectivity index (χ3v) is 4.35. The third kappa shape index (κ3) is 2.74. The van der Waals surface area contributed by atoms with E-state index in [9.17, 15) is 9.90 Å². The fourth-order valence-electron chi connectivity index (χ4n) is 1.96. The van der Waals surface area contributed by atoms with Crippen molar-refractivity contribution in [3.8, 4) is 0 Å². The second kappa shape index (κ2) is 5.55. The fraction of sp³-hybridized carbons (Fsp3) is 0.214. The van der Waals surface area contributed by atoms with Crippen LogP contribution in [0, 0.1) is 6.92 Å². The monoisotopic (exact) mass is 280 g/mol. The van der Waals surface area contributed by atoms with E-state index in [4.69, 9.17) is 11.6 Å². The number of halogens is 1. The van der Waals surface area contributed by atoms with Crippen LogP contribution < -0.4 is 0 Å². The van der Waals surface area contributed by atoms with E-state index in [2.05, 4.69) is 0 Å². The van der Waals surface area contributed by atoms with Crippen LogP contribution in [0.4, 0.5) is 0 Å². The molecule has 2 nitrogen and oxygen atoms in total. The first kappa shape index (κ1) is 13.1. The Morgan fingerprint density at radius 1 is 1.39 bits per heavy atom. The van der Waals surface area contributed by atoms with Crippen LogP contribution in [0.1, 0.15) is 21.9 Å². The maximum Gasteiger partial charge on any atom is 0.311 e. The molecule has 0 fully saturated rings. The predicted octanol–water partition coefficient (Wildman–Crippen LogP) is 4.12. The second-order valence-electron chi connectivity index (χ2n) is 4.14. The van der Waals surface area contributed by atoms with Crippen molar-refractivity contribution in [3.05, 3.63) is 56.7 Å². The molecule has 0 bridgehead atoms. The van der Waals surface area contributed by atoms with E-state index >= 15 is 0 Å². The molecular weight excluding hydrogens is 268 g/mol. The lowest BCUT2D eigenvalue weighted by Crippen LogP contribution is -2.15. The Hall–Kier alpha value is -1.32. The molecule has 1 N–H and O–H groups in total. The number of benzene rings is 1. The van der Waals surface area contributed by atoms with Gasteiger partial charge in [0, 0.05) is 11.3 Å². The summed E-state index contributed by atoms with van der Waals surface area (Å²) in [5.74, 6) is -1.35. The quantitative estimate of drug-likeness (QED) is 0.915. The Balaban J connectivity index is 2.33. The Morgan fingerprint density at radius 2 is 2.11 bits per heavy atom. The average Bonchev–Trinajstić information content (AvgIpc) is 2.73. The summed E-state index contributed by atoms with van der Waals surface area (Å²) in [6.45, 7) is 1.93. The molecule has 0 aliphatic carbocycles. The van der Waals surface area contributed by atoms with Crippen LogP contribution in [-0.2, 0) is 11.2 Å². The molecule has 2 aromatic rings. The maximum atomic E-state index is 11.5. The van der Waals surface area contributed by atoms with E-state index in [0.717, 1.165) is 16.0 Å². The van der Waals surface area contributed by atoms with Crippen molar-refractivity contribution in [2.24, 2.45) is 0 Å². The first-order valence-corrected chi connectivity index (χ1v) is 6.85. The summed E-state index contributed by atoms with van der Waals surface area (Å²) in [5.41, 5.74) is 1.85. The lowest BCUT2D eigenvalue weighted by molar-refractivity contribution is -0.138. The summed E-state index contributed by atoms with van der Waals surface area (Å²) in [6, 6.07) is 9.39. The van der Waals surface area contributed by atoms with Gasteiger partial charge >= 0.3 is 5.97 Å². The molecule has 0 saturated heterocycles. The first-order chi connectivity index (χ1) is 8.59. The molecule has 0 radical (unpaired) electrons. The molecular formula is C14H13ClO2S. The van der Waals surface area contributed by atoms with Crippen molar-refractivity contribution in [1.29, 1.82) is 0 Å². The largest absolute Gasteiger partial charge is 0.481 e. The van der Waals surface area contributed by atoms with Gasteiger partial charge in [-0.2, -0.15) is 0 Å². The van der Waals surface area contributed by atoms with Crippen molar-refractivity contribution in [1.82, 2.24) is 0 Å². The minimum Gasteiger partial charge on any atom is -0.481 e. The van der Waals surface area contributed by atoms with Gasteiger partial charge in [-0.1, -0.05) is 35.9 Å². The molecule has 0 aliphatic heterocycles. The van der Waals surface area contributed by atoms with Gasteiger partial charge in [-0.05, 0) is 29.5 Å². The van der Waals surface area contributed by atoms with Gasteiger partial charge in [0.05, 0.1) is 10.9 Å². The number of carbonyl (C=O) groups is 1. The van der Waals surface area contributed by atoms with E-state index in [1.54, 1.807) is 6.07 Å². The highest BCUT2D eigenvalue weighted by Crippen LogP contribution is 2.30. The van der Waals surface area contributed by atoms with Crippen molar-refractivity contribution < 1.29 is 9.90 Å². The highest BCUT2D eigenvalue weighted by molar-refractivity contribution is 7.10. The number of carboxylic acids is 1. The van der Waals surface area contributed by atoms with Crippen LogP contribution in [0.3, 0.4) is 0 Å². The molecule has 4 heteroatoms. The van der Waals surface area contributed by atoms with Crippen molar-refractivity contribution in [2.75, 3.05) is 0 Å². The summed E-state index contributed by atoms with van der Waals surface area (Å²) in [7, 11) is 0. The lowest BCUT2D eigenvalue weighted by atomic mass is 9.91. The van der Waals surface area contributed by atoms with Crippen LogP contribution in [-0.4, -0.2) is 11.1 Å². The Labute approximate surface area is 115 Å². The Morgan fingerprint density at radius 3 is 2.67 bits per heavy atom. The molecule has 1 heterocycles. The van der Waals surface area contributed by atoms with E-state index < -0.39 is 11.9 Å². The summed E-state index contributed by atoms with van der Waals surface area (Å²) in [5, 5.41) is 11.9. The summed E-state index contributed by atoms with van der Waals surface area (Å²) in [4.78, 5) is 12.4. The first-order valence-electron chi connectivity index (χ1n) is 5.60. The third-order valence-electron chi connectivity index (χ3n) is 2.94. The van der Waals surface area contributed by atoms with Gasteiger partial charge < -0.3 is 5.11 Å². The number of aliphatic carboxylic acids is 1. The molecule has 0 saturated carbocycles. The smallest absolute Gasteiger partial charge is 0.311 e. The minimum absolute atomic E-state index is 0.441. The van der Waals surface area contributed by atoms with Gasteiger partial charge in [0.1, 0.15) is 0 Å². The van der Waals surface area contributed by atoms with Gasteiger partial charge in [0.2, 0.25) is 0 Å². The highest BCUT2D eigenvalue weighted by atomic mass is 35.5. The number of rotatable bonds is 4. The molecule has 2 rings (SSSR count). The molecule has 18 heavy (non-hydrogen) atoms. The Bertz CT molecular complexity index is 562. The van der Waals surface area contributed by atoms with E-state index in [-0.39, 0.29) is 0 Å². The van der Waals surface area contributed by atoms with Gasteiger partial charge in [-0.3, -0.25) is 4.79 Å². The number of carboxylic acid groups (broad SMARTS) is 1. The number of hydrogen-bond acceptors (Lipinski definition) is 2. The summed E-state index contributed by atoms with van der Waals surface area (Å²) in [6.07, 6.45) is 0.441. The standard InChI is InChI=1S/C14H13ClO2S/c1-9-4-2-3-5-10(9)11(14(16)17)8-13-12(15)6-7-18-13/h2-7,11H,8H2,1H3,(H,16,17).